The van der Waals surface area contributed by atoms with Gasteiger partial charge in [-0.2, -0.15) is 0 Å². The largest absolute Gasteiger partial charge is 0.457 e. The summed E-state index contributed by atoms with van der Waals surface area (Å²) in [7, 11) is 0. The Morgan fingerprint density at radius 1 is 1.27 bits per heavy atom. The van der Waals surface area contributed by atoms with Gasteiger partial charge in [0.1, 0.15) is 12.0 Å². The second-order valence-electron chi connectivity index (χ2n) is 4.58. The normalized spacial score (nSPS) is 44.7. The van der Waals surface area contributed by atoms with Crippen molar-refractivity contribution in [3.05, 3.63) is 24.3 Å². The molecular formula is C12H13ClO2. The van der Waals surface area contributed by atoms with Crippen LogP contribution in [0.5, 0.6) is 0 Å². The summed E-state index contributed by atoms with van der Waals surface area (Å²) in [6.07, 6.45) is 10.0. The fraction of sp³-hybridized carbons (Fsp3) is 0.583. The smallest absolute Gasteiger partial charge is 0.321 e. The number of fused-ring (bicyclic) bond motifs is 5. The van der Waals surface area contributed by atoms with Crippen LogP contribution in [0.4, 0.5) is 0 Å². The van der Waals surface area contributed by atoms with E-state index in [1.165, 1.54) is 6.42 Å². The zero-order chi connectivity index (χ0) is 10.4. The summed E-state index contributed by atoms with van der Waals surface area (Å²) in [5.74, 6) is 1.99. The first-order valence-corrected chi connectivity index (χ1v) is 5.95. The fourth-order valence-corrected chi connectivity index (χ4v) is 3.36. The third-order valence-electron chi connectivity index (χ3n) is 3.86. The van der Waals surface area contributed by atoms with E-state index in [9.17, 15) is 4.79 Å². The predicted molar refractivity (Wildman–Crippen MR) is 57.5 cm³/mol. The number of hydrogen-bond donors (Lipinski definition) is 0. The second-order valence-corrected chi connectivity index (χ2v) is 4.84. The Morgan fingerprint density at radius 3 is 2.87 bits per heavy atom. The van der Waals surface area contributed by atoms with Crippen molar-refractivity contribution in [3.63, 3.8) is 0 Å². The molecule has 0 aromatic rings. The van der Waals surface area contributed by atoms with Crippen LogP contribution in [0.1, 0.15) is 6.42 Å². The molecule has 80 valence electrons. The summed E-state index contributed by atoms with van der Waals surface area (Å²) in [5.41, 5.74) is 0. The Labute approximate surface area is 93.9 Å². The monoisotopic (exact) mass is 224 g/mol. The van der Waals surface area contributed by atoms with Crippen LogP contribution in [0, 0.1) is 23.7 Å². The van der Waals surface area contributed by atoms with Gasteiger partial charge in [-0.3, -0.25) is 4.79 Å². The molecule has 0 aromatic carbocycles. The molecule has 0 aliphatic heterocycles. The number of carbonyl (C=O) groups is 1. The van der Waals surface area contributed by atoms with Gasteiger partial charge in [-0.25, -0.2) is 0 Å². The van der Waals surface area contributed by atoms with Crippen LogP contribution in [-0.4, -0.2) is 18.0 Å². The molecule has 3 heteroatoms. The van der Waals surface area contributed by atoms with Gasteiger partial charge >= 0.3 is 5.97 Å². The third-order valence-corrected chi connectivity index (χ3v) is 4.08. The minimum absolute atomic E-state index is 0.0406. The first kappa shape index (κ1) is 9.46. The molecule has 0 heterocycles. The van der Waals surface area contributed by atoms with Gasteiger partial charge in [-0.05, 0) is 30.3 Å². The minimum Gasteiger partial charge on any atom is -0.457 e. The highest BCUT2D eigenvalue weighted by molar-refractivity contribution is 6.26. The van der Waals surface area contributed by atoms with Crippen LogP contribution < -0.4 is 0 Å². The molecule has 15 heavy (non-hydrogen) atoms. The van der Waals surface area contributed by atoms with Crippen LogP contribution in [0.2, 0.25) is 0 Å². The molecule has 0 radical (unpaired) electrons. The number of rotatable bonds is 2. The number of ether oxygens (including phenoxy) is 1. The van der Waals surface area contributed by atoms with E-state index in [4.69, 9.17) is 16.3 Å². The van der Waals surface area contributed by atoms with Gasteiger partial charge in [-0.15, -0.1) is 11.6 Å². The highest BCUT2D eigenvalue weighted by Gasteiger charge is 2.49. The summed E-state index contributed by atoms with van der Waals surface area (Å²) in [6.45, 7) is 0. The molecule has 1 saturated carbocycles. The average Bonchev–Trinajstić information content (AvgIpc) is 2.89. The molecule has 0 amide bonds. The van der Waals surface area contributed by atoms with Gasteiger partial charge in [0.2, 0.25) is 0 Å². The van der Waals surface area contributed by atoms with E-state index in [0.29, 0.717) is 23.7 Å². The summed E-state index contributed by atoms with van der Waals surface area (Å²) in [6, 6.07) is 0. The van der Waals surface area contributed by atoms with Crippen LogP contribution >= 0.6 is 11.6 Å². The highest BCUT2D eigenvalue weighted by atomic mass is 35.5. The molecule has 0 unspecified atom stereocenters. The van der Waals surface area contributed by atoms with E-state index in [0.717, 1.165) is 0 Å². The molecule has 2 nitrogen and oxygen atoms in total. The standard InChI is InChI=1S/C12H13ClO2/c13-6-11(14)15-10-4-3-9-7-1-2-8(5-7)12(9)10/h1-4,7-10,12H,5-6H2/t7-,8-,9-,10-,12-/m0/s1. The molecule has 0 saturated heterocycles. The van der Waals surface area contributed by atoms with Crippen LogP contribution in [0.3, 0.4) is 0 Å². The van der Waals surface area contributed by atoms with Gasteiger partial charge in [0.15, 0.2) is 0 Å². The zero-order valence-electron chi connectivity index (χ0n) is 8.30. The van der Waals surface area contributed by atoms with Crippen LogP contribution in [-0.2, 0) is 9.53 Å². The van der Waals surface area contributed by atoms with E-state index < -0.39 is 0 Å². The lowest BCUT2D eigenvalue weighted by Gasteiger charge is -2.25. The quantitative estimate of drug-likeness (QED) is 0.408. The number of carbonyl (C=O) groups excluding carboxylic acids is 1. The lowest BCUT2D eigenvalue weighted by Crippen LogP contribution is -2.29. The summed E-state index contributed by atoms with van der Waals surface area (Å²) in [4.78, 5) is 11.2. The minimum atomic E-state index is -0.307. The molecule has 3 aliphatic carbocycles. The first-order valence-electron chi connectivity index (χ1n) is 5.41. The maximum absolute atomic E-state index is 11.2. The summed E-state index contributed by atoms with van der Waals surface area (Å²) >= 11 is 5.44. The van der Waals surface area contributed by atoms with E-state index in [1.807, 2.05) is 6.08 Å². The number of allylic oxidation sites excluding steroid dienone is 3. The van der Waals surface area contributed by atoms with Gasteiger partial charge in [-0.1, -0.05) is 18.2 Å². The van der Waals surface area contributed by atoms with E-state index >= 15 is 0 Å². The second kappa shape index (κ2) is 3.38. The molecular weight excluding hydrogens is 212 g/mol. The Bertz CT molecular complexity index is 348. The molecule has 0 N–H and O–H groups in total. The van der Waals surface area contributed by atoms with Crippen molar-refractivity contribution in [2.75, 3.05) is 5.88 Å². The molecule has 1 fully saturated rings. The summed E-state index contributed by atoms with van der Waals surface area (Å²) in [5, 5.41) is 0. The van der Waals surface area contributed by atoms with Gasteiger partial charge in [0, 0.05) is 5.92 Å². The topological polar surface area (TPSA) is 26.3 Å². The van der Waals surface area contributed by atoms with Crippen molar-refractivity contribution < 1.29 is 9.53 Å². The van der Waals surface area contributed by atoms with Gasteiger partial charge in [0.05, 0.1) is 0 Å². The Kier molecular flexibility index (Phi) is 2.13. The Balaban J connectivity index is 1.75. The van der Waals surface area contributed by atoms with Crippen molar-refractivity contribution in [2.45, 2.75) is 12.5 Å². The Morgan fingerprint density at radius 2 is 2.07 bits per heavy atom. The van der Waals surface area contributed by atoms with Gasteiger partial charge < -0.3 is 4.74 Å². The predicted octanol–water partition coefficient (Wildman–Crippen LogP) is 2.15. The number of alkyl halides is 1. The number of halogens is 1. The van der Waals surface area contributed by atoms with Crippen molar-refractivity contribution in [1.29, 1.82) is 0 Å². The third kappa shape index (κ3) is 1.35. The van der Waals surface area contributed by atoms with Crippen molar-refractivity contribution in [1.82, 2.24) is 0 Å². The van der Waals surface area contributed by atoms with E-state index in [1.54, 1.807) is 0 Å². The van der Waals surface area contributed by atoms with Gasteiger partial charge in [0.25, 0.3) is 0 Å². The maximum atomic E-state index is 11.2. The lowest BCUT2D eigenvalue weighted by atomic mass is 9.84. The van der Waals surface area contributed by atoms with Crippen LogP contribution in [0.15, 0.2) is 24.3 Å². The van der Waals surface area contributed by atoms with Crippen molar-refractivity contribution >= 4 is 17.6 Å². The Hall–Kier alpha value is -0.760. The zero-order valence-corrected chi connectivity index (χ0v) is 9.06. The van der Waals surface area contributed by atoms with E-state index in [-0.39, 0.29) is 18.0 Å². The molecule has 2 bridgehead atoms. The molecule has 0 aromatic heterocycles. The SMILES string of the molecule is O=C(CCl)O[C@H]1C=C[C@@H]2[C@@H]1[C@H]1C=C[C@H]2C1. The van der Waals surface area contributed by atoms with Crippen molar-refractivity contribution in [3.8, 4) is 0 Å². The molecule has 3 rings (SSSR count). The van der Waals surface area contributed by atoms with Crippen LogP contribution in [0.25, 0.3) is 0 Å². The first-order chi connectivity index (χ1) is 7.29. The number of esters is 1. The summed E-state index contributed by atoms with van der Waals surface area (Å²) < 4.78 is 5.34. The highest BCUT2D eigenvalue weighted by Crippen LogP contribution is 2.53. The maximum Gasteiger partial charge on any atom is 0.321 e. The molecule has 0 spiro atoms. The van der Waals surface area contributed by atoms with Crippen molar-refractivity contribution in [2.24, 2.45) is 23.7 Å². The fourth-order valence-electron chi connectivity index (χ4n) is 3.30. The molecule has 3 aliphatic rings. The molecule has 5 atom stereocenters. The average molecular weight is 225 g/mol. The number of hydrogen-bond acceptors (Lipinski definition) is 2. The lowest BCUT2D eigenvalue weighted by molar-refractivity contribution is -0.146. The van der Waals surface area contributed by atoms with E-state index in [2.05, 4.69) is 18.2 Å².